The van der Waals surface area contributed by atoms with Gasteiger partial charge in [-0.3, -0.25) is 14.7 Å². The SMILES string of the molecule is C=C1CO[C@H]2[C@H](C)[C@@H](O[C@@H]3O[C@H](C)C[C@H](N(C)C)[C@H]3O)[C@@](C)(C[C@@H](C)C3=NCCN4C(=O)O[C@@](C)([C@@H]4[C@H]3C)[C@@H](CC)OC(=O)[C@@H]2C)OC1. The van der Waals surface area contributed by atoms with Crippen molar-refractivity contribution in [2.75, 3.05) is 40.4 Å². The summed E-state index contributed by atoms with van der Waals surface area (Å²) in [6, 6.07) is -0.559. The summed E-state index contributed by atoms with van der Waals surface area (Å²) >= 11 is 0. The highest BCUT2D eigenvalue weighted by molar-refractivity contribution is 5.91. The molecular formula is C36H59N3O9. The lowest BCUT2D eigenvalue weighted by Gasteiger charge is -2.48. The Hall–Kier alpha value is -2.09. The number of likely N-dealkylation sites (N-methyl/N-ethyl adjacent to an activating group) is 1. The molecular weight excluding hydrogens is 618 g/mol. The van der Waals surface area contributed by atoms with Crippen LogP contribution in [0.2, 0.25) is 0 Å². The molecule has 0 aromatic rings. The Morgan fingerprint density at radius 2 is 1.81 bits per heavy atom. The third-order valence-electron chi connectivity index (χ3n) is 11.6. The second-order valence-corrected chi connectivity index (χ2v) is 15.6. The highest BCUT2D eigenvalue weighted by atomic mass is 16.7. The summed E-state index contributed by atoms with van der Waals surface area (Å²) in [7, 11) is 3.89. The Morgan fingerprint density at radius 1 is 1.10 bits per heavy atom. The van der Waals surface area contributed by atoms with E-state index in [0.29, 0.717) is 32.4 Å². The number of aliphatic hydroxyl groups is 1. The molecule has 4 bridgehead atoms. The summed E-state index contributed by atoms with van der Waals surface area (Å²) in [4.78, 5) is 36.4. The van der Waals surface area contributed by atoms with Gasteiger partial charge in [-0.15, -0.1) is 0 Å². The normalized spacial score (nSPS) is 46.1. The fourth-order valence-corrected chi connectivity index (χ4v) is 9.21. The lowest BCUT2D eigenvalue weighted by molar-refractivity contribution is -0.302. The van der Waals surface area contributed by atoms with Gasteiger partial charge in [0.25, 0.3) is 0 Å². The molecule has 12 heteroatoms. The quantitative estimate of drug-likeness (QED) is 0.346. The maximum absolute atomic E-state index is 14.2. The Labute approximate surface area is 286 Å². The highest BCUT2D eigenvalue weighted by Gasteiger charge is 2.60. The number of ether oxygens (including phenoxy) is 6. The summed E-state index contributed by atoms with van der Waals surface area (Å²) in [6.07, 6.45) is -2.82. The molecule has 0 unspecified atom stereocenters. The third kappa shape index (κ3) is 6.82. The number of rotatable bonds is 4. The van der Waals surface area contributed by atoms with Gasteiger partial charge < -0.3 is 38.4 Å². The Kier molecular flexibility index (Phi) is 11.0. The monoisotopic (exact) mass is 677 g/mol. The molecule has 1 N–H and O–H groups in total. The molecule has 4 fully saturated rings. The number of cyclic esters (lactones) is 1. The van der Waals surface area contributed by atoms with Crippen LogP contribution in [-0.2, 0) is 33.2 Å². The first-order valence-electron chi connectivity index (χ1n) is 17.8. The fourth-order valence-electron chi connectivity index (χ4n) is 9.21. The van der Waals surface area contributed by atoms with E-state index in [-0.39, 0.29) is 43.2 Å². The van der Waals surface area contributed by atoms with Gasteiger partial charge in [0, 0.05) is 30.1 Å². The molecule has 0 aliphatic carbocycles. The fraction of sp³-hybridized carbons (Fsp3) is 0.861. The second-order valence-electron chi connectivity index (χ2n) is 15.6. The smallest absolute Gasteiger partial charge is 0.410 e. The first kappa shape index (κ1) is 37.2. The first-order valence-corrected chi connectivity index (χ1v) is 17.8. The molecule has 5 rings (SSSR count). The molecule has 48 heavy (non-hydrogen) atoms. The van der Waals surface area contributed by atoms with Crippen molar-refractivity contribution in [3.8, 4) is 0 Å². The van der Waals surface area contributed by atoms with Crippen molar-refractivity contribution >= 4 is 17.8 Å². The number of aliphatic imine (C=N–C) groups is 1. The van der Waals surface area contributed by atoms with Crippen molar-refractivity contribution in [2.45, 2.75) is 135 Å². The number of fused-ring (bicyclic) bond motifs is 4. The Bertz CT molecular complexity index is 1240. The van der Waals surface area contributed by atoms with Crippen LogP contribution in [0.5, 0.6) is 0 Å². The molecule has 1 amide bonds. The molecule has 12 nitrogen and oxygen atoms in total. The van der Waals surface area contributed by atoms with Crippen LogP contribution in [0.25, 0.3) is 0 Å². The van der Waals surface area contributed by atoms with E-state index in [0.717, 1.165) is 11.3 Å². The molecule has 0 saturated carbocycles. The van der Waals surface area contributed by atoms with Crippen molar-refractivity contribution in [3.05, 3.63) is 12.2 Å². The van der Waals surface area contributed by atoms with Crippen molar-refractivity contribution in [2.24, 2.45) is 28.7 Å². The molecule has 4 saturated heterocycles. The van der Waals surface area contributed by atoms with Gasteiger partial charge in [0.1, 0.15) is 12.2 Å². The average Bonchev–Trinajstić information content (AvgIpc) is 3.16. The van der Waals surface area contributed by atoms with E-state index in [1.807, 2.05) is 60.5 Å². The van der Waals surface area contributed by atoms with Crippen molar-refractivity contribution in [3.63, 3.8) is 0 Å². The lowest BCUT2D eigenvalue weighted by Crippen LogP contribution is -2.60. The maximum Gasteiger partial charge on any atom is 0.410 e. The van der Waals surface area contributed by atoms with Gasteiger partial charge >= 0.3 is 12.1 Å². The molecule has 0 aromatic heterocycles. The standard InChI is InChI=1S/C36H59N3O9/c1-12-26-36(9)30-22(5)27(37-13-14-39(30)34(42)48-36)20(3)16-35(8)31(47-33-28(40)25(38(10)11)15-21(4)45-33)23(6)29(24(7)32(41)46-26)43-17-19(2)18-44-35/h20-26,28-31,33,40H,2,12-18H2,1,3-11H3/t20-,21-,22+,23+,24-,25+,26-,28-,29+,30+,31-,33+,35-,36-/m1/s1. The van der Waals surface area contributed by atoms with Gasteiger partial charge in [-0.2, -0.15) is 0 Å². The number of nitrogens with zero attached hydrogens (tertiary/aromatic N) is 3. The Morgan fingerprint density at radius 3 is 2.48 bits per heavy atom. The molecule has 0 aromatic carbocycles. The molecule has 14 atom stereocenters. The van der Waals surface area contributed by atoms with Crippen LogP contribution in [0, 0.1) is 23.7 Å². The number of hydrogen-bond acceptors (Lipinski definition) is 11. The van der Waals surface area contributed by atoms with E-state index >= 15 is 0 Å². The minimum atomic E-state index is -1.08. The average molecular weight is 678 g/mol. The van der Waals surface area contributed by atoms with Gasteiger partial charge in [0.05, 0.1) is 55.6 Å². The minimum absolute atomic E-state index is 0.0924. The van der Waals surface area contributed by atoms with Crippen LogP contribution in [0.1, 0.15) is 74.7 Å². The number of carbonyl (C=O) groups excluding carboxylic acids is 2. The van der Waals surface area contributed by atoms with Crippen molar-refractivity contribution < 1.29 is 43.1 Å². The second kappa shape index (κ2) is 14.3. The largest absolute Gasteiger partial charge is 0.458 e. The van der Waals surface area contributed by atoms with E-state index in [2.05, 4.69) is 20.4 Å². The van der Waals surface area contributed by atoms with Gasteiger partial charge in [-0.1, -0.05) is 34.3 Å². The number of amides is 1. The topological polar surface area (TPSA) is 129 Å². The van der Waals surface area contributed by atoms with E-state index in [9.17, 15) is 14.7 Å². The zero-order valence-electron chi connectivity index (χ0n) is 30.6. The van der Waals surface area contributed by atoms with Crippen LogP contribution in [0.15, 0.2) is 17.1 Å². The zero-order valence-corrected chi connectivity index (χ0v) is 30.6. The molecule has 5 aliphatic rings. The molecule has 0 spiro atoms. The minimum Gasteiger partial charge on any atom is -0.458 e. The third-order valence-corrected chi connectivity index (χ3v) is 11.6. The summed E-state index contributed by atoms with van der Waals surface area (Å²) < 4.78 is 39.0. The molecule has 5 heterocycles. The van der Waals surface area contributed by atoms with Gasteiger partial charge in [-0.05, 0) is 72.5 Å². The van der Waals surface area contributed by atoms with Crippen LogP contribution in [0.3, 0.4) is 0 Å². The summed E-state index contributed by atoms with van der Waals surface area (Å²) in [6.45, 7) is 21.4. The van der Waals surface area contributed by atoms with Crippen LogP contribution >= 0.6 is 0 Å². The summed E-state index contributed by atoms with van der Waals surface area (Å²) in [5, 5.41) is 11.6. The number of carbonyl (C=O) groups is 2. The summed E-state index contributed by atoms with van der Waals surface area (Å²) in [5.74, 6) is -1.87. The van der Waals surface area contributed by atoms with E-state index in [4.69, 9.17) is 33.4 Å². The van der Waals surface area contributed by atoms with Crippen LogP contribution in [0.4, 0.5) is 4.79 Å². The zero-order chi connectivity index (χ0) is 35.3. The van der Waals surface area contributed by atoms with E-state index < -0.39 is 65.8 Å². The highest BCUT2D eigenvalue weighted by Crippen LogP contribution is 2.45. The van der Waals surface area contributed by atoms with E-state index in [1.165, 1.54) is 0 Å². The van der Waals surface area contributed by atoms with Gasteiger partial charge in [0.2, 0.25) is 0 Å². The molecule has 272 valence electrons. The van der Waals surface area contributed by atoms with Crippen molar-refractivity contribution in [1.82, 2.24) is 9.80 Å². The predicted molar refractivity (Wildman–Crippen MR) is 180 cm³/mol. The molecule has 5 aliphatic heterocycles. The Balaban J connectivity index is 1.63. The van der Waals surface area contributed by atoms with Crippen LogP contribution in [-0.4, -0.2) is 133 Å². The maximum atomic E-state index is 14.2. The van der Waals surface area contributed by atoms with Crippen LogP contribution < -0.4 is 0 Å². The number of aliphatic hydroxyl groups excluding tert-OH is 1. The number of hydrogen-bond donors (Lipinski definition) is 1. The lowest BCUT2D eigenvalue weighted by atomic mass is 9.72. The molecule has 0 radical (unpaired) electrons. The first-order chi connectivity index (χ1) is 22.5. The van der Waals surface area contributed by atoms with Crippen molar-refractivity contribution in [1.29, 1.82) is 0 Å². The van der Waals surface area contributed by atoms with Gasteiger partial charge in [0.15, 0.2) is 11.9 Å². The predicted octanol–water partition coefficient (Wildman–Crippen LogP) is 3.83. The van der Waals surface area contributed by atoms with Gasteiger partial charge in [-0.25, -0.2) is 4.79 Å². The van der Waals surface area contributed by atoms with E-state index in [1.54, 1.807) is 4.90 Å². The number of esters is 1. The summed E-state index contributed by atoms with van der Waals surface area (Å²) in [5.41, 5.74) is -0.344.